The highest BCUT2D eigenvalue weighted by Gasteiger charge is 2.31. The molecule has 0 aliphatic heterocycles. The number of nitrogens with one attached hydrogen (secondary N) is 1. The molecule has 5 nitrogen and oxygen atoms in total. The first-order valence-corrected chi connectivity index (χ1v) is 9.16. The summed E-state index contributed by atoms with van der Waals surface area (Å²) in [5.74, 6) is -1.53. The minimum absolute atomic E-state index is 0.0136. The van der Waals surface area contributed by atoms with Gasteiger partial charge in [0.15, 0.2) is 0 Å². The largest absolute Gasteiger partial charge is 0.481 e. The number of carboxylic acid groups (broad SMARTS) is 1. The number of hydrogen-bond acceptors (Lipinski definition) is 3. The molecular weight excluding hydrogens is 342 g/mol. The zero-order valence-electron chi connectivity index (χ0n) is 14.8. The monoisotopic (exact) mass is 363 g/mol. The van der Waals surface area contributed by atoms with Crippen molar-refractivity contribution in [3.63, 3.8) is 0 Å². The smallest absolute Gasteiger partial charge is 0.407 e. The summed E-state index contributed by atoms with van der Waals surface area (Å²) in [6, 6.07) is 15.7. The van der Waals surface area contributed by atoms with Crippen LogP contribution in [0.1, 0.15) is 29.9 Å². The maximum absolute atomic E-state index is 12.3. The van der Waals surface area contributed by atoms with Crippen LogP contribution in [0.3, 0.4) is 0 Å². The highest BCUT2D eigenvalue weighted by Crippen LogP contribution is 2.44. The van der Waals surface area contributed by atoms with Crippen molar-refractivity contribution in [3.05, 3.63) is 71.8 Å². The van der Waals surface area contributed by atoms with Gasteiger partial charge in [-0.1, -0.05) is 60.7 Å². The summed E-state index contributed by atoms with van der Waals surface area (Å²) in [6.07, 6.45) is 4.28. The molecule has 138 valence electrons. The van der Waals surface area contributed by atoms with Crippen LogP contribution < -0.4 is 5.32 Å². The Hall–Kier alpha value is -3.08. The molecule has 5 heteroatoms. The molecule has 2 atom stereocenters. The van der Waals surface area contributed by atoms with Crippen LogP contribution in [0.2, 0.25) is 0 Å². The number of hydrogen-bond donors (Lipinski definition) is 2. The molecule has 0 fully saturated rings. The van der Waals surface area contributed by atoms with E-state index in [4.69, 9.17) is 4.74 Å². The zero-order chi connectivity index (χ0) is 18.8. The molecule has 2 N–H and O–H groups in total. The highest BCUT2D eigenvalue weighted by molar-refractivity contribution is 5.79. The van der Waals surface area contributed by atoms with E-state index >= 15 is 0 Å². The molecular formula is C22H21NO4. The maximum Gasteiger partial charge on any atom is 0.407 e. The first-order chi connectivity index (χ1) is 13.1. The van der Waals surface area contributed by atoms with Crippen molar-refractivity contribution in [1.29, 1.82) is 0 Å². The lowest BCUT2D eigenvalue weighted by Gasteiger charge is -2.25. The van der Waals surface area contributed by atoms with Crippen LogP contribution >= 0.6 is 0 Å². The average Bonchev–Trinajstić information content (AvgIpc) is 3.00. The number of amides is 1. The molecule has 2 aromatic carbocycles. The van der Waals surface area contributed by atoms with E-state index in [1.807, 2.05) is 30.3 Å². The number of carboxylic acids is 1. The second kappa shape index (κ2) is 7.27. The van der Waals surface area contributed by atoms with Crippen molar-refractivity contribution in [2.75, 3.05) is 6.61 Å². The van der Waals surface area contributed by atoms with E-state index < -0.39 is 24.0 Å². The van der Waals surface area contributed by atoms with Gasteiger partial charge in [0.05, 0.1) is 12.0 Å². The molecule has 0 aromatic heterocycles. The van der Waals surface area contributed by atoms with Crippen molar-refractivity contribution in [2.45, 2.75) is 24.8 Å². The Morgan fingerprint density at radius 2 is 1.67 bits per heavy atom. The van der Waals surface area contributed by atoms with Gasteiger partial charge in [0.2, 0.25) is 0 Å². The Balaban J connectivity index is 1.46. The molecule has 0 bridgehead atoms. The molecule has 27 heavy (non-hydrogen) atoms. The second-order valence-corrected chi connectivity index (χ2v) is 6.95. The Morgan fingerprint density at radius 3 is 2.30 bits per heavy atom. The molecule has 0 radical (unpaired) electrons. The van der Waals surface area contributed by atoms with Crippen LogP contribution in [0.25, 0.3) is 11.1 Å². The third-order valence-corrected chi connectivity index (χ3v) is 5.37. The molecule has 2 aliphatic rings. The van der Waals surface area contributed by atoms with Crippen molar-refractivity contribution in [3.8, 4) is 11.1 Å². The van der Waals surface area contributed by atoms with Gasteiger partial charge in [0, 0.05) is 5.92 Å². The summed E-state index contributed by atoms with van der Waals surface area (Å²) in [5.41, 5.74) is 4.63. The van der Waals surface area contributed by atoms with Gasteiger partial charge in [-0.25, -0.2) is 4.79 Å². The van der Waals surface area contributed by atoms with Gasteiger partial charge < -0.3 is 15.2 Å². The van der Waals surface area contributed by atoms with Crippen LogP contribution in [0.5, 0.6) is 0 Å². The SMILES string of the molecule is O=C(N[C@H]1C=CCC[C@H]1C(=O)O)OCC1c2ccccc2-c2ccccc21. The zero-order valence-corrected chi connectivity index (χ0v) is 14.8. The Labute approximate surface area is 157 Å². The molecule has 0 saturated carbocycles. The van der Waals surface area contributed by atoms with E-state index in [-0.39, 0.29) is 12.5 Å². The van der Waals surface area contributed by atoms with Gasteiger partial charge in [-0.2, -0.15) is 0 Å². The summed E-state index contributed by atoms with van der Waals surface area (Å²) in [5, 5.41) is 12.0. The molecule has 1 amide bonds. The predicted octanol–water partition coefficient (Wildman–Crippen LogP) is 3.94. The van der Waals surface area contributed by atoms with E-state index in [0.717, 1.165) is 11.1 Å². The lowest BCUT2D eigenvalue weighted by Crippen LogP contribution is -2.43. The summed E-state index contributed by atoms with van der Waals surface area (Å²) in [7, 11) is 0. The number of benzene rings is 2. The van der Waals surface area contributed by atoms with Crippen LogP contribution in [0.15, 0.2) is 60.7 Å². The Morgan fingerprint density at radius 1 is 1.04 bits per heavy atom. The average molecular weight is 363 g/mol. The number of alkyl carbamates (subject to hydrolysis) is 1. The normalized spacial score (nSPS) is 20.6. The van der Waals surface area contributed by atoms with Gasteiger partial charge in [-0.3, -0.25) is 4.79 Å². The fourth-order valence-electron chi connectivity index (χ4n) is 4.03. The van der Waals surface area contributed by atoms with E-state index in [0.29, 0.717) is 12.8 Å². The van der Waals surface area contributed by atoms with Gasteiger partial charge >= 0.3 is 12.1 Å². The molecule has 4 rings (SSSR count). The van der Waals surface area contributed by atoms with Crippen molar-refractivity contribution >= 4 is 12.1 Å². The minimum Gasteiger partial charge on any atom is -0.481 e. The predicted molar refractivity (Wildman–Crippen MR) is 101 cm³/mol. The van der Waals surface area contributed by atoms with Gasteiger partial charge in [-0.15, -0.1) is 0 Å². The quantitative estimate of drug-likeness (QED) is 0.807. The number of allylic oxidation sites excluding steroid dienone is 1. The Bertz CT molecular complexity index is 859. The van der Waals surface area contributed by atoms with E-state index in [1.165, 1.54) is 11.1 Å². The van der Waals surface area contributed by atoms with Gasteiger partial charge in [0.25, 0.3) is 0 Å². The first-order valence-electron chi connectivity index (χ1n) is 9.16. The highest BCUT2D eigenvalue weighted by atomic mass is 16.5. The van der Waals surface area contributed by atoms with Gasteiger partial charge in [-0.05, 0) is 35.1 Å². The summed E-state index contributed by atoms with van der Waals surface area (Å²) >= 11 is 0. The lowest BCUT2D eigenvalue weighted by molar-refractivity contribution is -0.142. The molecule has 0 saturated heterocycles. The fourth-order valence-corrected chi connectivity index (χ4v) is 4.03. The summed E-state index contributed by atoms with van der Waals surface area (Å²) < 4.78 is 5.49. The summed E-state index contributed by atoms with van der Waals surface area (Å²) in [6.45, 7) is 0.216. The number of rotatable bonds is 4. The molecule has 2 aliphatic carbocycles. The van der Waals surface area contributed by atoms with Gasteiger partial charge in [0.1, 0.15) is 6.61 Å². The Kier molecular flexibility index (Phi) is 4.67. The third-order valence-electron chi connectivity index (χ3n) is 5.37. The standard InChI is InChI=1S/C22H21NO4/c24-21(25)18-11-5-6-12-20(18)23-22(26)27-13-19-16-9-3-1-7-14(16)15-8-2-4-10-17(15)19/h1-4,6-10,12,18-20H,5,11,13H2,(H,23,26)(H,24,25)/t18-,20+/m1/s1. The molecule has 0 heterocycles. The minimum atomic E-state index is -0.900. The van der Waals surface area contributed by atoms with Crippen LogP contribution in [0, 0.1) is 5.92 Å². The number of fused-ring (bicyclic) bond motifs is 3. The first kappa shape index (κ1) is 17.3. The van der Waals surface area contributed by atoms with Crippen molar-refractivity contribution in [1.82, 2.24) is 5.32 Å². The number of aliphatic carboxylic acids is 1. The molecule has 0 spiro atoms. The lowest BCUT2D eigenvalue weighted by atomic mass is 9.90. The maximum atomic E-state index is 12.3. The van der Waals surface area contributed by atoms with Crippen LogP contribution in [0.4, 0.5) is 4.79 Å². The fraction of sp³-hybridized carbons (Fsp3) is 0.273. The van der Waals surface area contributed by atoms with E-state index in [9.17, 15) is 14.7 Å². The van der Waals surface area contributed by atoms with E-state index in [1.54, 1.807) is 6.08 Å². The summed E-state index contributed by atoms with van der Waals surface area (Å²) in [4.78, 5) is 23.7. The van der Waals surface area contributed by atoms with Crippen LogP contribution in [-0.4, -0.2) is 29.8 Å². The van der Waals surface area contributed by atoms with Crippen molar-refractivity contribution < 1.29 is 19.4 Å². The topological polar surface area (TPSA) is 75.6 Å². The molecule has 2 aromatic rings. The number of carbonyl (C=O) groups is 2. The van der Waals surface area contributed by atoms with E-state index in [2.05, 4.69) is 29.6 Å². The van der Waals surface area contributed by atoms with Crippen LogP contribution in [-0.2, 0) is 9.53 Å². The second-order valence-electron chi connectivity index (χ2n) is 6.95. The third kappa shape index (κ3) is 3.33. The van der Waals surface area contributed by atoms with Crippen molar-refractivity contribution in [2.24, 2.45) is 5.92 Å². The molecule has 0 unspecified atom stereocenters. The number of carbonyl (C=O) groups excluding carboxylic acids is 1. The number of ether oxygens (including phenoxy) is 1.